The molecule has 0 radical (unpaired) electrons. The van der Waals surface area contributed by atoms with E-state index in [4.69, 9.17) is 0 Å². The van der Waals surface area contributed by atoms with Crippen LogP contribution in [0.3, 0.4) is 0 Å². The number of alkyl halides is 3. The molecule has 0 unspecified atom stereocenters. The van der Waals surface area contributed by atoms with Gasteiger partial charge in [-0.05, 0) is 12.1 Å². The number of hydrogen-bond acceptors (Lipinski definition) is 5. The zero-order valence-electron chi connectivity index (χ0n) is 7.91. The van der Waals surface area contributed by atoms with Gasteiger partial charge in [0, 0.05) is 11.1 Å². The third-order valence-electron chi connectivity index (χ3n) is 1.66. The van der Waals surface area contributed by atoms with Gasteiger partial charge in [0.1, 0.15) is 5.75 Å². The van der Waals surface area contributed by atoms with Crippen LogP contribution in [0.4, 0.5) is 13.2 Å². The molecule has 0 spiro atoms. The summed E-state index contributed by atoms with van der Waals surface area (Å²) in [6.45, 7) is 0. The highest BCUT2D eigenvalue weighted by Crippen LogP contribution is 2.27. The van der Waals surface area contributed by atoms with Crippen LogP contribution in [0.25, 0.3) is 0 Å². The van der Waals surface area contributed by atoms with Gasteiger partial charge in [-0.25, -0.2) is 0 Å². The van der Waals surface area contributed by atoms with Gasteiger partial charge in [-0.1, -0.05) is 6.07 Å². The Labute approximate surface area is 92.0 Å². The average Bonchev–Trinajstić information content (AvgIpc) is 2.14. The fraction of sp³-hybridized carbons (Fsp3) is 0.111. The first-order valence-electron chi connectivity index (χ1n) is 4.03. The van der Waals surface area contributed by atoms with Crippen molar-refractivity contribution in [2.24, 2.45) is 0 Å². The summed E-state index contributed by atoms with van der Waals surface area (Å²) < 4.78 is 39.1. The van der Waals surface area contributed by atoms with E-state index in [-0.39, 0.29) is 0 Å². The van der Waals surface area contributed by atoms with Crippen molar-refractivity contribution >= 4 is 11.9 Å². The summed E-state index contributed by atoms with van der Waals surface area (Å²) in [6, 6.07) is 1.79. The van der Waals surface area contributed by atoms with Crippen LogP contribution < -0.4 is 14.9 Å². The number of carbonyl (C=O) groups excluding carboxylic acids is 2. The second-order valence-corrected chi connectivity index (χ2v) is 2.83. The Morgan fingerprint density at radius 2 is 1.71 bits per heavy atom. The second kappa shape index (κ2) is 4.32. The Hall–Kier alpha value is -2.25. The third kappa shape index (κ3) is 3.37. The van der Waals surface area contributed by atoms with E-state index in [1.54, 1.807) is 0 Å². The number of carbonyl (C=O) groups is 2. The summed E-state index contributed by atoms with van der Waals surface area (Å²) in [5.74, 6) is -4.85. The smallest absolute Gasteiger partial charge is 0.545 e. The summed E-state index contributed by atoms with van der Waals surface area (Å²) in [6.07, 6.45) is -5.14. The molecule has 0 N–H and O–H groups in total. The molecule has 5 nitrogen and oxygen atoms in total. The van der Waals surface area contributed by atoms with E-state index in [1.165, 1.54) is 0 Å². The van der Waals surface area contributed by atoms with Crippen molar-refractivity contribution in [2.75, 3.05) is 0 Å². The molecule has 1 aromatic rings. The molecule has 0 aliphatic rings. The van der Waals surface area contributed by atoms with Crippen LogP contribution in [0.15, 0.2) is 18.2 Å². The topological polar surface area (TPSA) is 89.5 Å². The lowest BCUT2D eigenvalue weighted by molar-refractivity contribution is -0.276. The molecule has 0 aromatic heterocycles. The van der Waals surface area contributed by atoms with E-state index < -0.39 is 35.2 Å². The fourth-order valence-corrected chi connectivity index (χ4v) is 1.03. The van der Waals surface area contributed by atoms with Crippen LogP contribution in [0.1, 0.15) is 20.7 Å². The first-order chi connectivity index (χ1) is 7.70. The molecule has 0 aliphatic heterocycles. The number of rotatable bonds is 3. The quantitative estimate of drug-likeness (QED) is 0.706. The molecule has 0 saturated heterocycles. The van der Waals surface area contributed by atoms with E-state index in [9.17, 15) is 33.0 Å². The van der Waals surface area contributed by atoms with Gasteiger partial charge in [0.05, 0.1) is 11.9 Å². The van der Waals surface area contributed by atoms with Crippen LogP contribution in [-0.4, -0.2) is 18.3 Å². The molecule has 1 rings (SSSR count). The van der Waals surface area contributed by atoms with Crippen molar-refractivity contribution in [3.8, 4) is 5.75 Å². The summed E-state index contributed by atoms with van der Waals surface area (Å²) in [5, 5.41) is 20.9. The second-order valence-electron chi connectivity index (χ2n) is 2.83. The first-order valence-corrected chi connectivity index (χ1v) is 4.03. The van der Waals surface area contributed by atoms with Gasteiger partial charge in [-0.15, -0.1) is 13.2 Å². The number of aromatic carboxylic acids is 2. The van der Waals surface area contributed by atoms with Crippen LogP contribution >= 0.6 is 0 Å². The molecule has 0 amide bonds. The van der Waals surface area contributed by atoms with Crippen molar-refractivity contribution < 1.29 is 37.7 Å². The van der Waals surface area contributed by atoms with Crippen molar-refractivity contribution in [3.63, 3.8) is 0 Å². The molecule has 8 heteroatoms. The van der Waals surface area contributed by atoms with Gasteiger partial charge < -0.3 is 24.5 Å². The maximum absolute atomic E-state index is 11.9. The Kier molecular flexibility index (Phi) is 3.26. The maximum atomic E-state index is 11.9. The average molecular weight is 248 g/mol. The van der Waals surface area contributed by atoms with Crippen LogP contribution in [0.5, 0.6) is 5.75 Å². The highest BCUT2D eigenvalue weighted by atomic mass is 19.4. The number of benzene rings is 1. The van der Waals surface area contributed by atoms with Crippen molar-refractivity contribution in [1.82, 2.24) is 0 Å². The molecular weight excluding hydrogens is 245 g/mol. The molecule has 0 atom stereocenters. The van der Waals surface area contributed by atoms with Crippen LogP contribution in [0.2, 0.25) is 0 Å². The lowest BCUT2D eigenvalue weighted by Crippen LogP contribution is -2.27. The Bertz CT molecular complexity index is 466. The zero-order chi connectivity index (χ0) is 13.2. The minimum Gasteiger partial charge on any atom is -0.545 e. The van der Waals surface area contributed by atoms with Crippen molar-refractivity contribution in [1.29, 1.82) is 0 Å². The lowest BCUT2D eigenvalue weighted by Gasteiger charge is -2.15. The van der Waals surface area contributed by atoms with Crippen LogP contribution in [0, 0.1) is 0 Å². The Morgan fingerprint density at radius 3 is 2.12 bits per heavy atom. The molecule has 1 aromatic carbocycles. The molecule has 0 aliphatic carbocycles. The highest BCUT2D eigenvalue weighted by Gasteiger charge is 2.32. The molecule has 0 heterocycles. The number of halogens is 3. The van der Waals surface area contributed by atoms with E-state index >= 15 is 0 Å². The van der Waals surface area contributed by atoms with Gasteiger partial charge in [-0.2, -0.15) is 0 Å². The normalized spacial score (nSPS) is 11.0. The third-order valence-corrected chi connectivity index (χ3v) is 1.66. The highest BCUT2D eigenvalue weighted by molar-refractivity contribution is 5.93. The predicted octanol–water partition coefficient (Wildman–Crippen LogP) is -0.688. The summed E-state index contributed by atoms with van der Waals surface area (Å²) in [5.41, 5.74) is -1.55. The molecule has 0 bridgehead atoms. The SMILES string of the molecule is O=C([O-])c1ccc(C(=O)[O-])c(OC(F)(F)F)c1. The summed E-state index contributed by atoms with van der Waals surface area (Å²) >= 11 is 0. The minimum atomic E-state index is -5.14. The zero-order valence-corrected chi connectivity index (χ0v) is 7.91. The van der Waals surface area contributed by atoms with E-state index in [0.29, 0.717) is 12.1 Å². The standard InChI is InChI=1S/C9H5F3O5/c10-9(11,12)17-6-3-4(7(13)14)1-2-5(6)8(15)16/h1-3H,(H,13,14)(H,15,16)/p-2. The van der Waals surface area contributed by atoms with E-state index in [2.05, 4.69) is 4.74 Å². The van der Waals surface area contributed by atoms with E-state index in [1.807, 2.05) is 0 Å². The monoisotopic (exact) mass is 248 g/mol. The summed E-state index contributed by atoms with van der Waals surface area (Å²) in [4.78, 5) is 20.9. The van der Waals surface area contributed by atoms with Gasteiger partial charge in [0.2, 0.25) is 0 Å². The summed E-state index contributed by atoms with van der Waals surface area (Å²) in [7, 11) is 0. The van der Waals surface area contributed by atoms with Crippen molar-refractivity contribution in [3.05, 3.63) is 29.3 Å². The predicted molar refractivity (Wildman–Crippen MR) is 41.8 cm³/mol. The molecule has 0 fully saturated rings. The molecule has 92 valence electrons. The molecule has 17 heavy (non-hydrogen) atoms. The maximum Gasteiger partial charge on any atom is 0.573 e. The number of carboxylic acids is 2. The Balaban J connectivity index is 3.25. The van der Waals surface area contributed by atoms with E-state index in [0.717, 1.165) is 6.07 Å². The van der Waals surface area contributed by atoms with Crippen LogP contribution in [-0.2, 0) is 0 Å². The minimum absolute atomic E-state index is 0.397. The lowest BCUT2D eigenvalue weighted by atomic mass is 10.1. The van der Waals surface area contributed by atoms with Gasteiger partial charge >= 0.3 is 6.36 Å². The number of ether oxygens (including phenoxy) is 1. The number of hydrogen-bond donors (Lipinski definition) is 0. The van der Waals surface area contributed by atoms with Gasteiger partial charge in [-0.3, -0.25) is 0 Å². The van der Waals surface area contributed by atoms with Gasteiger partial charge in [0.15, 0.2) is 0 Å². The van der Waals surface area contributed by atoms with Crippen molar-refractivity contribution in [2.45, 2.75) is 6.36 Å². The molecular formula is C9H3F3O5-2. The first kappa shape index (κ1) is 12.8. The number of carboxylic acid groups (broad SMARTS) is 2. The largest absolute Gasteiger partial charge is 0.573 e. The van der Waals surface area contributed by atoms with Gasteiger partial charge in [0.25, 0.3) is 0 Å². The Morgan fingerprint density at radius 1 is 1.12 bits per heavy atom. The molecule has 0 saturated carbocycles. The fourth-order valence-electron chi connectivity index (χ4n) is 1.03.